The van der Waals surface area contributed by atoms with Crippen molar-refractivity contribution in [1.82, 2.24) is 10.6 Å². The number of hydrogen-bond donors (Lipinski definition) is 2. The van der Waals surface area contributed by atoms with Crippen LogP contribution in [0.1, 0.15) is 59.6 Å². The monoisotopic (exact) mass is 553 g/mol. The predicted molar refractivity (Wildman–Crippen MR) is 150 cm³/mol. The Balaban J connectivity index is 2.20. The van der Waals surface area contributed by atoms with E-state index in [1.165, 1.54) is 6.92 Å². The first kappa shape index (κ1) is 30.5. The number of methoxy groups -OCH3 is 1. The van der Waals surface area contributed by atoms with Gasteiger partial charge in [0, 0.05) is 13.5 Å². The molecule has 0 fully saturated rings. The number of carbonyl (C=O) groups excluding carboxylic acids is 4. The molecule has 0 saturated heterocycles. The van der Waals surface area contributed by atoms with Crippen LogP contribution in [0, 0.1) is 0 Å². The van der Waals surface area contributed by atoms with Crippen LogP contribution >= 0.6 is 0 Å². The van der Waals surface area contributed by atoms with E-state index in [0.29, 0.717) is 17.0 Å². The molecule has 0 bridgehead atoms. The van der Waals surface area contributed by atoms with Crippen molar-refractivity contribution in [1.29, 1.82) is 0 Å². The third-order valence-corrected chi connectivity index (χ3v) is 6.23. The first-order valence-corrected chi connectivity index (χ1v) is 13.1. The summed E-state index contributed by atoms with van der Waals surface area (Å²) in [4.78, 5) is 54.2. The molecular formula is C30H39N3O7. The third kappa shape index (κ3) is 6.91. The molecule has 4 amide bonds. The fourth-order valence-electron chi connectivity index (χ4n) is 4.79. The lowest BCUT2D eigenvalue weighted by atomic mass is 9.70. The number of imide groups is 1. The molecule has 1 aliphatic rings. The Hall–Kier alpha value is -4.08. The highest BCUT2D eigenvalue weighted by Crippen LogP contribution is 2.47. The van der Waals surface area contributed by atoms with E-state index in [1.54, 1.807) is 91.1 Å². The molecule has 2 aromatic rings. The number of benzene rings is 2. The average molecular weight is 554 g/mol. The van der Waals surface area contributed by atoms with E-state index in [4.69, 9.17) is 14.2 Å². The number of carbonyl (C=O) groups is 4. The molecule has 40 heavy (non-hydrogen) atoms. The zero-order chi connectivity index (χ0) is 29.9. The van der Waals surface area contributed by atoms with Gasteiger partial charge < -0.3 is 24.8 Å². The van der Waals surface area contributed by atoms with Gasteiger partial charge in [0.1, 0.15) is 22.4 Å². The number of ether oxygens (including phenoxy) is 3. The van der Waals surface area contributed by atoms with Crippen LogP contribution in [0.4, 0.5) is 15.3 Å². The van der Waals surface area contributed by atoms with Crippen molar-refractivity contribution >= 4 is 29.7 Å². The zero-order valence-corrected chi connectivity index (χ0v) is 24.4. The van der Waals surface area contributed by atoms with Gasteiger partial charge in [0.25, 0.3) is 0 Å². The van der Waals surface area contributed by atoms with E-state index >= 15 is 0 Å². The van der Waals surface area contributed by atoms with E-state index in [-0.39, 0.29) is 13.0 Å². The maximum atomic E-state index is 14.6. The summed E-state index contributed by atoms with van der Waals surface area (Å²) in [5.41, 5.74) is -1.54. The van der Waals surface area contributed by atoms with Crippen molar-refractivity contribution in [2.24, 2.45) is 0 Å². The van der Waals surface area contributed by atoms with Crippen LogP contribution in [-0.4, -0.2) is 54.9 Å². The number of nitrogens with one attached hydrogen (secondary N) is 2. The van der Waals surface area contributed by atoms with Gasteiger partial charge in [-0.3, -0.25) is 9.59 Å². The molecule has 2 atom stereocenters. The first-order chi connectivity index (χ1) is 18.6. The van der Waals surface area contributed by atoms with E-state index in [1.807, 2.05) is 6.07 Å². The number of rotatable bonds is 7. The van der Waals surface area contributed by atoms with E-state index < -0.39 is 46.7 Å². The molecule has 0 spiro atoms. The van der Waals surface area contributed by atoms with Crippen molar-refractivity contribution in [2.45, 2.75) is 77.5 Å². The topological polar surface area (TPSA) is 123 Å². The van der Waals surface area contributed by atoms with Crippen molar-refractivity contribution < 1.29 is 33.4 Å². The summed E-state index contributed by atoms with van der Waals surface area (Å²) >= 11 is 0. The molecule has 1 heterocycles. The van der Waals surface area contributed by atoms with E-state index in [9.17, 15) is 19.2 Å². The molecule has 2 aromatic carbocycles. The fourth-order valence-corrected chi connectivity index (χ4v) is 4.79. The van der Waals surface area contributed by atoms with Crippen molar-refractivity contribution in [3.63, 3.8) is 0 Å². The summed E-state index contributed by atoms with van der Waals surface area (Å²) in [5.74, 6) is -0.421. The fraction of sp³-hybridized carbons (Fsp3) is 0.467. The van der Waals surface area contributed by atoms with Crippen molar-refractivity contribution in [2.75, 3.05) is 18.6 Å². The number of fused-ring (bicyclic) bond motifs is 1. The van der Waals surface area contributed by atoms with Gasteiger partial charge in [0.2, 0.25) is 11.8 Å². The summed E-state index contributed by atoms with van der Waals surface area (Å²) < 4.78 is 16.4. The standard InChI is InChI=1S/C30H39N3O7/c1-19(34)32-24(18-31-26(36)39-28(2,3)4)30(17-20-12-11-13-21(16-20)38-8)22-14-9-10-15-23(22)33(25(30)35)27(37)40-29(5,6)7/h9-16,24H,17-18H2,1-8H3,(H,31,36)(H,32,34)/t24-,30-/m1/s1. The number of hydrogen-bond acceptors (Lipinski definition) is 7. The lowest BCUT2D eigenvalue weighted by molar-refractivity contribution is -0.125. The summed E-state index contributed by atoms with van der Waals surface area (Å²) in [7, 11) is 1.54. The molecule has 3 rings (SSSR count). The van der Waals surface area contributed by atoms with Gasteiger partial charge in [-0.1, -0.05) is 30.3 Å². The minimum Gasteiger partial charge on any atom is -0.497 e. The van der Waals surface area contributed by atoms with Gasteiger partial charge in [-0.2, -0.15) is 0 Å². The van der Waals surface area contributed by atoms with Crippen LogP contribution in [0.15, 0.2) is 48.5 Å². The Kier molecular flexibility index (Phi) is 8.81. The van der Waals surface area contributed by atoms with Gasteiger partial charge in [-0.05, 0) is 77.3 Å². The zero-order valence-electron chi connectivity index (χ0n) is 24.4. The molecule has 2 N–H and O–H groups in total. The van der Waals surface area contributed by atoms with Gasteiger partial charge in [-0.15, -0.1) is 0 Å². The Labute approximate surface area is 235 Å². The van der Waals surface area contributed by atoms with E-state index in [2.05, 4.69) is 10.6 Å². The molecule has 10 heteroatoms. The summed E-state index contributed by atoms with van der Waals surface area (Å²) in [6.07, 6.45) is -1.46. The highest BCUT2D eigenvalue weighted by molar-refractivity contribution is 6.21. The smallest absolute Gasteiger partial charge is 0.421 e. The average Bonchev–Trinajstić information content (AvgIpc) is 3.08. The second-order valence-electron chi connectivity index (χ2n) is 11.8. The van der Waals surface area contributed by atoms with Crippen molar-refractivity contribution in [3.8, 4) is 5.75 Å². The number of para-hydroxylation sites is 1. The number of nitrogens with zero attached hydrogens (tertiary/aromatic N) is 1. The quantitative estimate of drug-likeness (QED) is 0.518. The Morgan fingerprint density at radius 3 is 2.20 bits per heavy atom. The van der Waals surface area contributed by atoms with Crippen LogP contribution < -0.4 is 20.3 Å². The second-order valence-corrected chi connectivity index (χ2v) is 11.8. The number of alkyl carbamates (subject to hydrolysis) is 1. The van der Waals surface area contributed by atoms with Gasteiger partial charge in [-0.25, -0.2) is 14.5 Å². The number of amides is 4. The van der Waals surface area contributed by atoms with Gasteiger partial charge >= 0.3 is 12.2 Å². The molecule has 0 aliphatic carbocycles. The van der Waals surface area contributed by atoms with Crippen molar-refractivity contribution in [3.05, 3.63) is 59.7 Å². The van der Waals surface area contributed by atoms with E-state index in [0.717, 1.165) is 10.5 Å². The minimum absolute atomic E-state index is 0.0836. The van der Waals surface area contributed by atoms with Crippen LogP contribution in [0.5, 0.6) is 5.75 Å². The molecule has 216 valence electrons. The lowest BCUT2D eigenvalue weighted by Gasteiger charge is -2.37. The maximum Gasteiger partial charge on any atom is 0.421 e. The number of anilines is 1. The highest BCUT2D eigenvalue weighted by Gasteiger charge is 2.58. The Morgan fingerprint density at radius 1 is 0.950 bits per heavy atom. The Morgan fingerprint density at radius 2 is 1.60 bits per heavy atom. The normalized spacial score (nSPS) is 17.5. The molecule has 1 aliphatic heterocycles. The second kappa shape index (κ2) is 11.6. The molecule has 0 radical (unpaired) electrons. The van der Waals surface area contributed by atoms with Crippen LogP contribution in [-0.2, 0) is 30.9 Å². The van der Waals surface area contributed by atoms with Crippen LogP contribution in [0.25, 0.3) is 0 Å². The summed E-state index contributed by atoms with van der Waals surface area (Å²) in [6.45, 7) is 11.5. The largest absolute Gasteiger partial charge is 0.497 e. The molecule has 10 nitrogen and oxygen atoms in total. The van der Waals surface area contributed by atoms with Crippen LogP contribution in [0.2, 0.25) is 0 Å². The highest BCUT2D eigenvalue weighted by atomic mass is 16.6. The molecule has 0 aromatic heterocycles. The lowest BCUT2D eigenvalue weighted by Crippen LogP contribution is -2.61. The maximum absolute atomic E-state index is 14.6. The molecule has 0 saturated carbocycles. The SMILES string of the molecule is COc1cccc(C[C@@]2([C@@H](CNC(=O)OC(C)(C)C)NC(C)=O)C(=O)N(C(=O)OC(C)(C)C)c3ccccc32)c1. The molecular weight excluding hydrogens is 514 g/mol. The van der Waals surface area contributed by atoms with Crippen LogP contribution in [0.3, 0.4) is 0 Å². The summed E-state index contributed by atoms with van der Waals surface area (Å²) in [6, 6.07) is 13.1. The van der Waals surface area contributed by atoms with Gasteiger partial charge in [0.15, 0.2) is 0 Å². The first-order valence-electron chi connectivity index (χ1n) is 13.1. The minimum atomic E-state index is -1.50. The third-order valence-electron chi connectivity index (χ3n) is 6.23. The Bertz CT molecular complexity index is 1280. The predicted octanol–water partition coefficient (Wildman–Crippen LogP) is 4.49. The van der Waals surface area contributed by atoms with Gasteiger partial charge in [0.05, 0.1) is 18.8 Å². The summed E-state index contributed by atoms with van der Waals surface area (Å²) in [5, 5.41) is 5.57. The molecule has 0 unspecified atom stereocenters.